The lowest BCUT2D eigenvalue weighted by molar-refractivity contribution is -0.161. The second kappa shape index (κ2) is 10.9. The summed E-state index contributed by atoms with van der Waals surface area (Å²) in [5.41, 5.74) is 4.31. The molecule has 1 aromatic heterocycles. The fourth-order valence-corrected chi connectivity index (χ4v) is 5.75. The number of anilines is 1. The first-order valence-corrected chi connectivity index (χ1v) is 14.1. The number of benzene rings is 3. The first-order valence-electron chi connectivity index (χ1n) is 14.1. The summed E-state index contributed by atoms with van der Waals surface area (Å²) in [6, 6.07) is 15.0. The van der Waals surface area contributed by atoms with E-state index < -0.39 is 23.5 Å². The number of nitrogens with zero attached hydrogens (tertiary/aromatic N) is 2. The molecule has 0 amide bonds. The third kappa shape index (κ3) is 5.27. The first kappa shape index (κ1) is 29.3. The Hall–Kier alpha value is -4.17. The molecule has 1 atom stereocenters. The first-order chi connectivity index (χ1) is 19.8. The lowest BCUT2D eigenvalue weighted by Crippen LogP contribution is -2.33. The molecule has 0 saturated carbocycles. The second-order valence-corrected chi connectivity index (χ2v) is 12.1. The summed E-state index contributed by atoms with van der Waals surface area (Å²) in [7, 11) is 5.49. The number of carboxylic acid groups (broad SMARTS) is 1. The zero-order valence-corrected chi connectivity index (χ0v) is 25.2. The van der Waals surface area contributed by atoms with E-state index in [1.165, 1.54) is 10.6 Å². The van der Waals surface area contributed by atoms with Crippen LogP contribution >= 0.6 is 0 Å². The summed E-state index contributed by atoms with van der Waals surface area (Å²) in [6.07, 6.45) is -0.0905. The second-order valence-electron chi connectivity index (χ2n) is 12.1. The number of halogens is 1. The predicted octanol–water partition coefficient (Wildman–Crippen LogP) is 6.65. The highest BCUT2D eigenvalue weighted by atomic mass is 19.1. The molecule has 1 unspecified atom stereocenters. The van der Waals surface area contributed by atoms with Crippen molar-refractivity contribution in [2.24, 2.45) is 7.05 Å². The number of hydrogen-bond acceptors (Lipinski definition) is 5. The molecule has 4 aromatic rings. The third-order valence-corrected chi connectivity index (χ3v) is 7.81. The van der Waals surface area contributed by atoms with Crippen LogP contribution in [0, 0.1) is 12.7 Å². The minimum absolute atomic E-state index is 0.164. The quantitative estimate of drug-likeness (QED) is 0.279. The molecule has 0 spiro atoms. The number of rotatable bonds is 6. The molecule has 0 fully saturated rings. The number of aromatic nitrogens is 1. The van der Waals surface area contributed by atoms with Gasteiger partial charge in [-0.25, -0.2) is 9.18 Å². The van der Waals surface area contributed by atoms with Crippen molar-refractivity contribution >= 4 is 22.4 Å². The van der Waals surface area contributed by atoms with Crippen LogP contribution in [-0.2, 0) is 23.0 Å². The average Bonchev–Trinajstić information content (AvgIpc) is 2.95. The van der Waals surface area contributed by atoms with E-state index in [0.29, 0.717) is 34.9 Å². The van der Waals surface area contributed by atoms with Gasteiger partial charge in [0, 0.05) is 43.3 Å². The Morgan fingerprint density at radius 1 is 1.07 bits per heavy atom. The molecule has 5 rings (SSSR count). The van der Waals surface area contributed by atoms with Gasteiger partial charge in [0.25, 0.3) is 5.56 Å². The van der Waals surface area contributed by atoms with Gasteiger partial charge in [-0.05, 0) is 92.4 Å². The largest absolute Gasteiger partial charge is 0.490 e. The summed E-state index contributed by atoms with van der Waals surface area (Å²) in [4.78, 5) is 28.7. The third-order valence-electron chi connectivity index (χ3n) is 7.81. The summed E-state index contributed by atoms with van der Waals surface area (Å²) in [5, 5.41) is 11.3. The number of pyridine rings is 1. The Morgan fingerprint density at radius 3 is 2.36 bits per heavy atom. The zero-order valence-electron chi connectivity index (χ0n) is 25.2. The monoisotopic (exact) mass is 572 g/mol. The van der Waals surface area contributed by atoms with Crippen LogP contribution in [0.5, 0.6) is 5.75 Å². The molecule has 3 aromatic carbocycles. The Bertz CT molecular complexity index is 1750. The van der Waals surface area contributed by atoms with Gasteiger partial charge in [0.2, 0.25) is 0 Å². The molecule has 1 aliphatic rings. The van der Waals surface area contributed by atoms with E-state index in [-0.39, 0.29) is 17.0 Å². The molecule has 0 bridgehead atoms. The average molecular weight is 573 g/mol. The topological polar surface area (TPSA) is 81.0 Å². The van der Waals surface area contributed by atoms with Gasteiger partial charge < -0.3 is 24.0 Å². The molecule has 0 aliphatic carbocycles. The number of hydrogen-bond donors (Lipinski definition) is 1. The molecule has 0 saturated heterocycles. The molecular formula is C34H37FN2O5. The van der Waals surface area contributed by atoms with Crippen LogP contribution in [0.4, 0.5) is 10.1 Å². The van der Waals surface area contributed by atoms with Crippen LogP contribution in [0.15, 0.2) is 53.3 Å². The Balaban J connectivity index is 1.85. The van der Waals surface area contributed by atoms with Gasteiger partial charge in [0.1, 0.15) is 0 Å². The fraction of sp³-hybridized carbons (Fsp3) is 0.353. The minimum Gasteiger partial charge on any atom is -0.490 e. The maximum absolute atomic E-state index is 15.6. The van der Waals surface area contributed by atoms with E-state index in [4.69, 9.17) is 9.47 Å². The van der Waals surface area contributed by atoms with Crippen LogP contribution in [0.25, 0.3) is 33.0 Å². The highest BCUT2D eigenvalue weighted by molar-refractivity contribution is 6.01. The van der Waals surface area contributed by atoms with Crippen molar-refractivity contribution in [1.82, 2.24) is 4.57 Å². The fourth-order valence-electron chi connectivity index (χ4n) is 5.75. The van der Waals surface area contributed by atoms with Gasteiger partial charge in [-0.15, -0.1) is 0 Å². The minimum atomic E-state index is -1.48. The summed E-state index contributed by atoms with van der Waals surface area (Å²) >= 11 is 0. The van der Waals surface area contributed by atoms with Gasteiger partial charge in [-0.2, -0.15) is 0 Å². The maximum atomic E-state index is 15.6. The molecule has 8 heteroatoms. The molecule has 0 radical (unpaired) electrons. The predicted molar refractivity (Wildman–Crippen MR) is 164 cm³/mol. The van der Waals surface area contributed by atoms with Crippen LogP contribution in [0.3, 0.4) is 0 Å². The van der Waals surface area contributed by atoms with Crippen molar-refractivity contribution in [3.8, 4) is 28.0 Å². The Morgan fingerprint density at radius 2 is 1.74 bits per heavy atom. The van der Waals surface area contributed by atoms with Crippen molar-refractivity contribution in [1.29, 1.82) is 0 Å². The number of fused-ring (bicyclic) bond motifs is 2. The van der Waals surface area contributed by atoms with E-state index in [1.54, 1.807) is 27.8 Å². The van der Waals surface area contributed by atoms with Crippen molar-refractivity contribution < 1.29 is 23.8 Å². The molecule has 42 heavy (non-hydrogen) atoms. The van der Waals surface area contributed by atoms with E-state index in [9.17, 15) is 14.7 Å². The molecule has 7 nitrogen and oxygen atoms in total. The number of aliphatic carboxylic acids is 1. The zero-order chi connectivity index (χ0) is 30.5. The standard InChI is InChI=1S/C34H37FN2O5/c1-19-23-9-8-16-41-30(23)27(35)18-25(19)28-24-15-12-21(20-10-13-22(14-11-20)36(5)6)17-26(24)32(38)37(7)29(28)31(33(39)40)42-34(2,3)4/h10-15,17-18,31H,8-9,16H2,1-7H3,(H,39,40). The van der Waals surface area contributed by atoms with Gasteiger partial charge in [0.05, 0.1) is 17.9 Å². The SMILES string of the molecule is Cc1c(-c2c(C(OC(C)(C)C)C(=O)O)n(C)c(=O)c3cc(-c4ccc(N(C)C)cc4)ccc23)cc(F)c2c1CCCO2. The Kier molecular flexibility index (Phi) is 7.62. The maximum Gasteiger partial charge on any atom is 0.339 e. The van der Waals surface area contributed by atoms with Crippen LogP contribution in [0.1, 0.15) is 50.1 Å². The normalized spacial score (nSPS) is 13.9. The van der Waals surface area contributed by atoms with E-state index in [0.717, 1.165) is 34.4 Å². The molecule has 1 N–H and O–H groups in total. The van der Waals surface area contributed by atoms with Crippen LogP contribution in [0.2, 0.25) is 0 Å². The Labute approximate surface area is 245 Å². The molecular weight excluding hydrogens is 535 g/mol. The lowest BCUT2D eigenvalue weighted by Gasteiger charge is -2.29. The van der Waals surface area contributed by atoms with Crippen molar-refractivity contribution in [2.45, 2.75) is 52.2 Å². The molecule has 2 heterocycles. The molecule has 220 valence electrons. The lowest BCUT2D eigenvalue weighted by atomic mass is 9.87. The van der Waals surface area contributed by atoms with E-state index in [1.807, 2.05) is 68.4 Å². The van der Waals surface area contributed by atoms with Gasteiger partial charge in [-0.3, -0.25) is 4.79 Å². The number of carboxylic acids is 1. The number of ether oxygens (including phenoxy) is 2. The van der Waals surface area contributed by atoms with E-state index in [2.05, 4.69) is 0 Å². The van der Waals surface area contributed by atoms with Gasteiger partial charge in [0.15, 0.2) is 17.7 Å². The summed E-state index contributed by atoms with van der Waals surface area (Å²) in [5.74, 6) is -1.51. The van der Waals surface area contributed by atoms with Crippen molar-refractivity contribution in [3.05, 3.63) is 81.5 Å². The smallest absolute Gasteiger partial charge is 0.339 e. The van der Waals surface area contributed by atoms with E-state index >= 15 is 4.39 Å². The van der Waals surface area contributed by atoms with Gasteiger partial charge >= 0.3 is 5.97 Å². The van der Waals surface area contributed by atoms with Crippen molar-refractivity contribution in [3.63, 3.8) is 0 Å². The van der Waals surface area contributed by atoms with Crippen LogP contribution in [-0.4, -0.2) is 41.9 Å². The van der Waals surface area contributed by atoms with Gasteiger partial charge in [-0.1, -0.05) is 24.3 Å². The summed E-state index contributed by atoms with van der Waals surface area (Å²) in [6.45, 7) is 7.61. The molecule has 1 aliphatic heterocycles. The summed E-state index contributed by atoms with van der Waals surface area (Å²) < 4.78 is 28.6. The highest BCUT2D eigenvalue weighted by Crippen LogP contribution is 2.43. The van der Waals surface area contributed by atoms with Crippen LogP contribution < -0.4 is 15.2 Å². The highest BCUT2D eigenvalue weighted by Gasteiger charge is 2.34. The number of carbonyl (C=O) groups is 1. The van der Waals surface area contributed by atoms with Crippen molar-refractivity contribution in [2.75, 3.05) is 25.6 Å².